The smallest absolute Gasteiger partial charge is 0.357 e. The largest absolute Gasteiger partial charge is 0.461 e. The molecular weight excluding hydrogens is 343 g/mol. The number of benzene rings is 1. The summed E-state index contributed by atoms with van der Waals surface area (Å²) in [5.74, 6) is -0.467. The number of hydrogen-bond donors (Lipinski definition) is 1. The molecule has 106 valence electrons. The third kappa shape index (κ3) is 3.55. The standard InChI is InChI=1S/C12H9Cl3N2O2S/c1-2-19-11(18)9-5-20-12(16-9)17-10-7(14)3-6(13)4-8(10)15/h3-5H,2H2,1H3,(H,16,17). The molecule has 1 aromatic carbocycles. The maximum atomic E-state index is 11.5. The van der Waals surface area contributed by atoms with Gasteiger partial charge in [0.25, 0.3) is 0 Å². The average molecular weight is 352 g/mol. The number of nitrogens with one attached hydrogen (secondary N) is 1. The summed E-state index contributed by atoms with van der Waals surface area (Å²) in [5.41, 5.74) is 0.725. The molecule has 0 unspecified atom stereocenters. The molecule has 0 aliphatic rings. The molecule has 0 amide bonds. The number of carbonyl (C=O) groups is 1. The first-order valence-electron chi connectivity index (χ1n) is 5.55. The lowest BCUT2D eigenvalue weighted by atomic mass is 10.3. The van der Waals surface area contributed by atoms with Gasteiger partial charge in [-0.2, -0.15) is 0 Å². The lowest BCUT2D eigenvalue weighted by Crippen LogP contribution is -2.05. The number of nitrogens with zero attached hydrogens (tertiary/aromatic N) is 1. The molecule has 0 radical (unpaired) electrons. The van der Waals surface area contributed by atoms with Gasteiger partial charge in [-0.25, -0.2) is 9.78 Å². The number of carbonyl (C=O) groups excluding carboxylic acids is 1. The lowest BCUT2D eigenvalue weighted by Gasteiger charge is -2.08. The zero-order valence-electron chi connectivity index (χ0n) is 10.2. The highest BCUT2D eigenvalue weighted by Crippen LogP contribution is 2.36. The molecule has 20 heavy (non-hydrogen) atoms. The highest BCUT2D eigenvalue weighted by Gasteiger charge is 2.14. The second kappa shape index (κ2) is 6.63. The highest BCUT2D eigenvalue weighted by atomic mass is 35.5. The molecule has 1 heterocycles. The predicted molar refractivity (Wildman–Crippen MR) is 82.8 cm³/mol. The first kappa shape index (κ1) is 15.4. The Labute approximate surface area is 134 Å². The van der Waals surface area contributed by atoms with Crippen molar-refractivity contribution in [2.75, 3.05) is 11.9 Å². The van der Waals surface area contributed by atoms with Gasteiger partial charge >= 0.3 is 5.97 Å². The number of aromatic nitrogens is 1. The zero-order chi connectivity index (χ0) is 14.7. The minimum Gasteiger partial charge on any atom is -0.461 e. The Hall–Kier alpha value is -1.01. The summed E-state index contributed by atoms with van der Waals surface area (Å²) in [7, 11) is 0. The highest BCUT2D eigenvalue weighted by molar-refractivity contribution is 7.14. The van der Waals surface area contributed by atoms with E-state index in [1.54, 1.807) is 24.4 Å². The third-order valence-electron chi connectivity index (χ3n) is 2.23. The van der Waals surface area contributed by atoms with Crippen LogP contribution in [0.3, 0.4) is 0 Å². The van der Waals surface area contributed by atoms with Crippen LogP contribution >= 0.6 is 46.1 Å². The van der Waals surface area contributed by atoms with Crippen LogP contribution in [0.25, 0.3) is 0 Å². The third-order valence-corrected chi connectivity index (χ3v) is 3.80. The fourth-order valence-corrected chi connectivity index (χ4v) is 2.99. The van der Waals surface area contributed by atoms with E-state index >= 15 is 0 Å². The molecule has 8 heteroatoms. The Morgan fingerprint density at radius 1 is 1.35 bits per heavy atom. The minimum atomic E-state index is -0.467. The number of esters is 1. The van der Waals surface area contributed by atoms with Crippen molar-refractivity contribution in [1.29, 1.82) is 0 Å². The van der Waals surface area contributed by atoms with Crippen LogP contribution < -0.4 is 5.32 Å². The average Bonchev–Trinajstić information content (AvgIpc) is 2.82. The van der Waals surface area contributed by atoms with Crippen LogP contribution in [0, 0.1) is 0 Å². The van der Waals surface area contributed by atoms with Crippen LogP contribution in [0.4, 0.5) is 10.8 Å². The molecule has 0 fully saturated rings. The van der Waals surface area contributed by atoms with Gasteiger partial charge in [0, 0.05) is 10.4 Å². The zero-order valence-corrected chi connectivity index (χ0v) is 13.3. The Bertz CT molecular complexity index is 622. The summed E-state index contributed by atoms with van der Waals surface area (Å²) in [6.45, 7) is 2.03. The van der Waals surface area contributed by atoms with E-state index in [1.165, 1.54) is 11.3 Å². The Morgan fingerprint density at radius 2 is 2.00 bits per heavy atom. The quantitative estimate of drug-likeness (QED) is 0.785. The van der Waals surface area contributed by atoms with E-state index in [9.17, 15) is 4.79 Å². The number of anilines is 2. The van der Waals surface area contributed by atoms with Crippen LogP contribution in [0.2, 0.25) is 15.1 Å². The number of ether oxygens (including phenoxy) is 1. The molecule has 0 bridgehead atoms. The van der Waals surface area contributed by atoms with Crippen molar-refractivity contribution in [3.63, 3.8) is 0 Å². The van der Waals surface area contributed by atoms with Gasteiger partial charge in [-0.05, 0) is 19.1 Å². The van der Waals surface area contributed by atoms with Gasteiger partial charge in [0.05, 0.1) is 22.3 Å². The second-order valence-electron chi connectivity index (χ2n) is 3.63. The summed E-state index contributed by atoms with van der Waals surface area (Å²) in [4.78, 5) is 15.6. The molecule has 0 saturated heterocycles. The number of halogens is 3. The summed E-state index contributed by atoms with van der Waals surface area (Å²) < 4.78 is 4.86. The van der Waals surface area contributed by atoms with Crippen molar-refractivity contribution in [1.82, 2.24) is 4.98 Å². The minimum absolute atomic E-state index is 0.237. The van der Waals surface area contributed by atoms with Crippen molar-refractivity contribution < 1.29 is 9.53 Å². The molecular formula is C12H9Cl3N2O2S. The van der Waals surface area contributed by atoms with Crippen LogP contribution in [0.15, 0.2) is 17.5 Å². The number of rotatable bonds is 4. The van der Waals surface area contributed by atoms with Gasteiger partial charge in [-0.15, -0.1) is 11.3 Å². The molecule has 0 atom stereocenters. The van der Waals surface area contributed by atoms with Gasteiger partial charge in [-0.1, -0.05) is 34.8 Å². The molecule has 0 saturated carbocycles. The topological polar surface area (TPSA) is 51.2 Å². The van der Waals surface area contributed by atoms with Crippen LogP contribution in [0.5, 0.6) is 0 Å². The van der Waals surface area contributed by atoms with E-state index in [2.05, 4.69) is 10.3 Å². The fraction of sp³-hybridized carbons (Fsp3) is 0.167. The molecule has 2 aromatic rings. The normalized spacial score (nSPS) is 10.4. The number of thiazole rings is 1. The predicted octanol–water partition coefficient (Wildman–Crippen LogP) is 5.02. The number of hydrogen-bond acceptors (Lipinski definition) is 5. The van der Waals surface area contributed by atoms with Gasteiger partial charge in [0.1, 0.15) is 0 Å². The summed E-state index contributed by atoms with van der Waals surface area (Å²) in [5, 5.41) is 6.23. The lowest BCUT2D eigenvalue weighted by molar-refractivity contribution is 0.0520. The summed E-state index contributed by atoms with van der Waals surface area (Å²) in [6, 6.07) is 3.13. The Morgan fingerprint density at radius 3 is 2.60 bits per heavy atom. The molecule has 4 nitrogen and oxygen atoms in total. The van der Waals surface area contributed by atoms with Crippen molar-refractivity contribution in [2.24, 2.45) is 0 Å². The fourth-order valence-electron chi connectivity index (χ4n) is 1.40. The van der Waals surface area contributed by atoms with E-state index in [1.807, 2.05) is 0 Å². The van der Waals surface area contributed by atoms with Crippen LogP contribution in [-0.4, -0.2) is 17.6 Å². The second-order valence-corrected chi connectivity index (χ2v) is 5.74. The van der Waals surface area contributed by atoms with E-state index in [0.717, 1.165) is 0 Å². The molecule has 0 aliphatic carbocycles. The monoisotopic (exact) mass is 350 g/mol. The SMILES string of the molecule is CCOC(=O)c1csc(Nc2c(Cl)cc(Cl)cc2Cl)n1. The van der Waals surface area contributed by atoms with Crippen molar-refractivity contribution in [2.45, 2.75) is 6.92 Å². The van der Waals surface area contributed by atoms with Gasteiger partial charge in [-0.3, -0.25) is 0 Å². The molecule has 0 spiro atoms. The molecule has 1 aromatic heterocycles. The van der Waals surface area contributed by atoms with E-state index in [-0.39, 0.29) is 5.69 Å². The van der Waals surface area contributed by atoms with E-state index < -0.39 is 5.97 Å². The van der Waals surface area contributed by atoms with E-state index in [0.29, 0.717) is 32.5 Å². The summed E-state index contributed by atoms with van der Waals surface area (Å²) in [6.07, 6.45) is 0. The Kier molecular flexibility index (Phi) is 5.10. The maximum Gasteiger partial charge on any atom is 0.357 e. The Balaban J connectivity index is 2.21. The molecule has 0 aliphatic heterocycles. The van der Waals surface area contributed by atoms with Crippen molar-refractivity contribution in [3.05, 3.63) is 38.3 Å². The van der Waals surface area contributed by atoms with Crippen molar-refractivity contribution >= 4 is 62.9 Å². The van der Waals surface area contributed by atoms with Gasteiger partial charge in [0.15, 0.2) is 10.8 Å². The van der Waals surface area contributed by atoms with E-state index in [4.69, 9.17) is 39.5 Å². The van der Waals surface area contributed by atoms with Crippen LogP contribution in [-0.2, 0) is 4.74 Å². The summed E-state index contributed by atoms with van der Waals surface area (Å²) >= 11 is 19.2. The first-order chi connectivity index (χ1) is 9.51. The molecule has 2 rings (SSSR count). The van der Waals surface area contributed by atoms with Crippen molar-refractivity contribution in [3.8, 4) is 0 Å². The molecule has 1 N–H and O–H groups in total. The van der Waals surface area contributed by atoms with Gasteiger partial charge in [0.2, 0.25) is 0 Å². The maximum absolute atomic E-state index is 11.5. The first-order valence-corrected chi connectivity index (χ1v) is 7.56. The van der Waals surface area contributed by atoms with Crippen LogP contribution in [0.1, 0.15) is 17.4 Å². The van der Waals surface area contributed by atoms with Gasteiger partial charge < -0.3 is 10.1 Å².